The molecule has 0 radical (unpaired) electrons. The Morgan fingerprint density at radius 3 is 2.29 bits per heavy atom. The van der Waals surface area contributed by atoms with Crippen LogP contribution in [0.3, 0.4) is 0 Å². The zero-order chi connectivity index (χ0) is 23.6. The number of ketones is 1. The van der Waals surface area contributed by atoms with Gasteiger partial charge in [-0.05, 0) is 86.3 Å². The van der Waals surface area contributed by atoms with Crippen LogP contribution in [0, 0.1) is 29.6 Å². The van der Waals surface area contributed by atoms with E-state index in [0.29, 0.717) is 17.1 Å². The molecular weight excluding hydrogens is 380 g/mol. The Bertz CT molecular complexity index is 829. The first-order valence-electron chi connectivity index (χ1n) is 12.4. The number of carbonyl (C=O) groups is 1. The lowest BCUT2D eigenvalue weighted by Gasteiger charge is -2.36. The third kappa shape index (κ3) is 6.24. The fourth-order valence-corrected chi connectivity index (χ4v) is 4.58. The summed E-state index contributed by atoms with van der Waals surface area (Å²) in [5.74, 6) is 2.11. The number of rotatable bonds is 7. The Morgan fingerprint density at radius 1 is 1.23 bits per heavy atom. The summed E-state index contributed by atoms with van der Waals surface area (Å²) in [6.45, 7) is 22.2. The summed E-state index contributed by atoms with van der Waals surface area (Å²) in [7, 11) is 0. The van der Waals surface area contributed by atoms with Gasteiger partial charge in [0.15, 0.2) is 5.76 Å². The van der Waals surface area contributed by atoms with Gasteiger partial charge in [0.05, 0.1) is 0 Å². The number of Topliss-reactive ketones (excluding diaryl/α,β-unsaturated/α-hetero) is 1. The summed E-state index contributed by atoms with van der Waals surface area (Å²) >= 11 is 0. The first-order valence-corrected chi connectivity index (χ1v) is 12.4. The van der Waals surface area contributed by atoms with Crippen molar-refractivity contribution in [1.82, 2.24) is 0 Å². The summed E-state index contributed by atoms with van der Waals surface area (Å²) in [6.07, 6.45) is 9.39. The van der Waals surface area contributed by atoms with Crippen molar-refractivity contribution in [2.24, 2.45) is 22.7 Å². The highest BCUT2D eigenvalue weighted by molar-refractivity contribution is 5.95. The first-order chi connectivity index (χ1) is 14.3. The normalized spacial score (nSPS) is 19.9. The van der Waals surface area contributed by atoms with Crippen molar-refractivity contribution < 1.29 is 9.21 Å². The minimum atomic E-state index is -0.0769. The molecule has 1 saturated carbocycles. The molecule has 0 amide bonds. The quantitative estimate of drug-likeness (QED) is 0.321. The largest absolute Gasteiger partial charge is 0.453 e. The lowest BCUT2D eigenvalue weighted by Crippen LogP contribution is -2.23. The van der Waals surface area contributed by atoms with Crippen LogP contribution < -0.4 is 0 Å². The molecule has 0 aliphatic heterocycles. The van der Waals surface area contributed by atoms with Crippen LogP contribution in [0.4, 0.5) is 0 Å². The van der Waals surface area contributed by atoms with Crippen molar-refractivity contribution in [1.29, 1.82) is 0 Å². The average Bonchev–Trinajstić information content (AvgIpc) is 3.07. The van der Waals surface area contributed by atoms with Crippen LogP contribution >= 0.6 is 0 Å². The highest BCUT2D eigenvalue weighted by Gasteiger charge is 2.31. The molecule has 1 aliphatic carbocycles. The molecule has 1 unspecified atom stereocenters. The van der Waals surface area contributed by atoms with E-state index in [4.69, 9.17) is 4.42 Å². The first kappa shape index (κ1) is 25.7. The topological polar surface area (TPSA) is 30.2 Å². The van der Waals surface area contributed by atoms with Crippen molar-refractivity contribution in [3.8, 4) is 0 Å². The third-order valence-electron chi connectivity index (χ3n) is 7.38. The second kappa shape index (κ2) is 9.92. The molecule has 174 valence electrons. The lowest BCUT2D eigenvalue weighted by molar-refractivity contribution is 0.0898. The molecule has 2 heteroatoms. The summed E-state index contributed by atoms with van der Waals surface area (Å²) in [5, 5.41) is 0. The molecule has 0 bridgehead atoms. The number of hydrogen-bond acceptors (Lipinski definition) is 2. The van der Waals surface area contributed by atoms with Gasteiger partial charge in [-0.25, -0.2) is 0 Å². The predicted octanol–water partition coefficient (Wildman–Crippen LogP) is 9.19. The molecule has 0 N–H and O–H groups in total. The van der Waals surface area contributed by atoms with E-state index in [-0.39, 0.29) is 17.1 Å². The number of carbonyl (C=O) groups excluding carboxylic acids is 1. The Labute approximate surface area is 191 Å². The van der Waals surface area contributed by atoms with E-state index in [1.807, 2.05) is 13.0 Å². The maximum atomic E-state index is 12.8. The maximum absolute atomic E-state index is 12.8. The molecule has 31 heavy (non-hydrogen) atoms. The molecule has 2 rings (SSSR count). The molecule has 1 aliphatic rings. The molecule has 1 atom stereocenters. The van der Waals surface area contributed by atoms with Crippen LogP contribution in [0.2, 0.25) is 0 Å². The minimum absolute atomic E-state index is 0.0103. The summed E-state index contributed by atoms with van der Waals surface area (Å²) in [5.41, 5.74) is 5.63. The van der Waals surface area contributed by atoms with Gasteiger partial charge >= 0.3 is 0 Å². The Morgan fingerprint density at radius 2 is 1.81 bits per heavy atom. The average molecular weight is 427 g/mol. The van der Waals surface area contributed by atoms with Gasteiger partial charge in [-0.2, -0.15) is 0 Å². The van der Waals surface area contributed by atoms with Crippen LogP contribution in [0.15, 0.2) is 27.7 Å². The smallest absolute Gasteiger partial charge is 0.200 e. The van der Waals surface area contributed by atoms with Crippen molar-refractivity contribution in [2.45, 2.75) is 108 Å². The van der Waals surface area contributed by atoms with Gasteiger partial charge in [0.2, 0.25) is 5.78 Å². The Hall–Kier alpha value is -1.57. The zero-order valence-electron chi connectivity index (χ0n) is 21.9. The third-order valence-corrected chi connectivity index (χ3v) is 7.38. The van der Waals surface area contributed by atoms with Crippen molar-refractivity contribution in [2.75, 3.05) is 0 Å². The maximum Gasteiger partial charge on any atom is 0.200 e. The molecule has 0 spiro atoms. The van der Waals surface area contributed by atoms with E-state index >= 15 is 0 Å². The fourth-order valence-electron chi connectivity index (χ4n) is 4.58. The molecular formula is C29H46O2. The van der Waals surface area contributed by atoms with Gasteiger partial charge in [-0.15, -0.1) is 0 Å². The summed E-state index contributed by atoms with van der Waals surface area (Å²) < 4.78 is 6.28. The van der Waals surface area contributed by atoms with E-state index in [1.165, 1.54) is 42.4 Å². The number of aryl methyl sites for hydroxylation is 1. The van der Waals surface area contributed by atoms with Crippen LogP contribution in [-0.4, -0.2) is 5.78 Å². The SMILES string of the molecule is CC/C(C)=C(/C=C(\c1oc(C(=O)C(C)CC)cc1C)C(C)(C)C)C1CCC(C)(C)CC1. The predicted molar refractivity (Wildman–Crippen MR) is 133 cm³/mol. The fraction of sp³-hybridized carbons (Fsp3) is 0.690. The van der Waals surface area contributed by atoms with Crippen LogP contribution in [-0.2, 0) is 0 Å². The molecule has 1 heterocycles. The number of allylic oxidation sites excluding steroid dienone is 4. The second-order valence-corrected chi connectivity index (χ2v) is 11.6. The molecule has 1 aromatic rings. The molecule has 2 nitrogen and oxygen atoms in total. The van der Waals surface area contributed by atoms with Crippen LogP contribution in [0.25, 0.3) is 5.57 Å². The van der Waals surface area contributed by atoms with E-state index < -0.39 is 0 Å². The summed E-state index contributed by atoms with van der Waals surface area (Å²) in [4.78, 5) is 12.8. The number of hydrogen-bond donors (Lipinski definition) is 0. The van der Waals surface area contributed by atoms with E-state index in [9.17, 15) is 4.79 Å². The van der Waals surface area contributed by atoms with Crippen LogP contribution in [0.1, 0.15) is 123 Å². The standard InChI is InChI=1S/C29H46O2/c1-11-19(3)23(22-13-15-29(9,10)16-14-22)18-24(28(6,7)8)27-21(5)17-25(31-27)26(30)20(4)12-2/h17-18,20,22H,11-16H2,1-10H3/b23-19-,24-18+. The van der Waals surface area contributed by atoms with Gasteiger partial charge < -0.3 is 4.42 Å². The van der Waals surface area contributed by atoms with Crippen molar-refractivity contribution in [3.63, 3.8) is 0 Å². The van der Waals surface area contributed by atoms with Gasteiger partial charge in [-0.3, -0.25) is 4.79 Å². The minimum Gasteiger partial charge on any atom is -0.453 e. The Kier molecular flexibility index (Phi) is 8.22. The monoisotopic (exact) mass is 426 g/mol. The molecule has 0 saturated heterocycles. The Balaban J connectivity index is 2.55. The van der Waals surface area contributed by atoms with Gasteiger partial charge in [0.1, 0.15) is 5.76 Å². The second-order valence-electron chi connectivity index (χ2n) is 11.6. The van der Waals surface area contributed by atoms with Crippen LogP contribution in [0.5, 0.6) is 0 Å². The van der Waals surface area contributed by atoms with E-state index in [0.717, 1.165) is 24.2 Å². The zero-order valence-corrected chi connectivity index (χ0v) is 21.9. The van der Waals surface area contributed by atoms with E-state index in [1.54, 1.807) is 0 Å². The van der Waals surface area contributed by atoms with Gasteiger partial charge in [-0.1, -0.05) is 67.0 Å². The number of furan rings is 1. The highest BCUT2D eigenvalue weighted by Crippen LogP contribution is 2.45. The van der Waals surface area contributed by atoms with Gasteiger partial charge in [0.25, 0.3) is 0 Å². The molecule has 0 aromatic carbocycles. The summed E-state index contributed by atoms with van der Waals surface area (Å²) in [6, 6.07) is 1.95. The van der Waals surface area contributed by atoms with Gasteiger partial charge in [0, 0.05) is 11.5 Å². The van der Waals surface area contributed by atoms with Crippen molar-refractivity contribution in [3.05, 3.63) is 40.4 Å². The highest BCUT2D eigenvalue weighted by atomic mass is 16.3. The van der Waals surface area contributed by atoms with Crippen molar-refractivity contribution >= 4 is 11.4 Å². The van der Waals surface area contributed by atoms with E-state index in [2.05, 4.69) is 68.4 Å². The molecule has 1 fully saturated rings. The molecule has 1 aromatic heterocycles. The lowest BCUT2D eigenvalue weighted by atomic mass is 9.69.